The number of methoxy groups -OCH3 is 1. The Hall–Kier alpha value is -2.49. The summed E-state index contributed by atoms with van der Waals surface area (Å²) in [7, 11) is 1.52. The molecule has 0 radical (unpaired) electrons. The molecule has 0 unspecified atom stereocenters. The SMILES string of the molecule is CCOc1ccc(C(=O)c2c(N)cccc2OC)cc1. The van der Waals surface area contributed by atoms with Crippen molar-refractivity contribution >= 4 is 11.5 Å². The van der Waals surface area contributed by atoms with Gasteiger partial charge < -0.3 is 15.2 Å². The van der Waals surface area contributed by atoms with Crippen molar-refractivity contribution < 1.29 is 14.3 Å². The summed E-state index contributed by atoms with van der Waals surface area (Å²) in [6, 6.07) is 12.1. The molecule has 0 bridgehead atoms. The Labute approximate surface area is 118 Å². The van der Waals surface area contributed by atoms with Crippen LogP contribution in [0.2, 0.25) is 0 Å². The van der Waals surface area contributed by atoms with E-state index in [-0.39, 0.29) is 5.78 Å². The van der Waals surface area contributed by atoms with Gasteiger partial charge in [0.2, 0.25) is 0 Å². The van der Waals surface area contributed by atoms with E-state index in [9.17, 15) is 4.79 Å². The van der Waals surface area contributed by atoms with Crippen molar-refractivity contribution in [2.45, 2.75) is 6.92 Å². The van der Waals surface area contributed by atoms with Crippen LogP contribution in [0.3, 0.4) is 0 Å². The molecule has 0 atom stereocenters. The number of nitrogens with two attached hydrogens (primary N) is 1. The number of ether oxygens (including phenoxy) is 2. The van der Waals surface area contributed by atoms with E-state index in [0.29, 0.717) is 29.2 Å². The molecule has 0 fully saturated rings. The van der Waals surface area contributed by atoms with Crippen molar-refractivity contribution in [1.82, 2.24) is 0 Å². The summed E-state index contributed by atoms with van der Waals surface area (Å²) >= 11 is 0. The third kappa shape index (κ3) is 2.74. The summed E-state index contributed by atoms with van der Waals surface area (Å²) < 4.78 is 10.6. The minimum absolute atomic E-state index is 0.164. The minimum Gasteiger partial charge on any atom is -0.496 e. The zero-order valence-corrected chi connectivity index (χ0v) is 11.6. The van der Waals surface area contributed by atoms with E-state index in [0.717, 1.165) is 5.75 Å². The van der Waals surface area contributed by atoms with Crippen molar-refractivity contribution in [1.29, 1.82) is 0 Å². The van der Waals surface area contributed by atoms with Gasteiger partial charge in [-0.15, -0.1) is 0 Å². The highest BCUT2D eigenvalue weighted by Crippen LogP contribution is 2.27. The Balaban J connectivity index is 2.36. The highest BCUT2D eigenvalue weighted by atomic mass is 16.5. The number of carbonyl (C=O) groups is 1. The number of hydrogen-bond acceptors (Lipinski definition) is 4. The number of hydrogen-bond donors (Lipinski definition) is 1. The number of carbonyl (C=O) groups excluding carboxylic acids is 1. The molecule has 104 valence electrons. The smallest absolute Gasteiger partial charge is 0.198 e. The number of benzene rings is 2. The Morgan fingerprint density at radius 1 is 1.15 bits per heavy atom. The molecule has 2 aromatic carbocycles. The molecule has 2 aromatic rings. The van der Waals surface area contributed by atoms with Gasteiger partial charge in [-0.05, 0) is 43.3 Å². The zero-order valence-electron chi connectivity index (χ0n) is 11.6. The van der Waals surface area contributed by atoms with Crippen LogP contribution in [0.25, 0.3) is 0 Å². The van der Waals surface area contributed by atoms with Crippen LogP contribution in [0, 0.1) is 0 Å². The second-order valence-electron chi connectivity index (χ2n) is 4.21. The fraction of sp³-hybridized carbons (Fsp3) is 0.188. The summed E-state index contributed by atoms with van der Waals surface area (Å²) in [6.45, 7) is 2.50. The summed E-state index contributed by atoms with van der Waals surface area (Å²) in [5.41, 5.74) is 7.23. The van der Waals surface area contributed by atoms with Gasteiger partial charge in [-0.1, -0.05) is 6.07 Å². The summed E-state index contributed by atoms with van der Waals surface area (Å²) in [5.74, 6) is 1.05. The Morgan fingerprint density at radius 2 is 1.85 bits per heavy atom. The minimum atomic E-state index is -0.164. The molecule has 20 heavy (non-hydrogen) atoms. The molecule has 0 aliphatic heterocycles. The third-order valence-electron chi connectivity index (χ3n) is 2.93. The summed E-state index contributed by atoms with van der Waals surface area (Å²) in [6.07, 6.45) is 0. The molecule has 4 heteroatoms. The number of anilines is 1. The van der Waals surface area contributed by atoms with Gasteiger partial charge in [0.05, 0.1) is 19.3 Å². The fourth-order valence-corrected chi connectivity index (χ4v) is 1.97. The van der Waals surface area contributed by atoms with Crippen LogP contribution in [0.4, 0.5) is 5.69 Å². The molecule has 2 rings (SSSR count). The number of rotatable bonds is 5. The van der Waals surface area contributed by atoms with E-state index in [1.807, 2.05) is 6.92 Å². The lowest BCUT2D eigenvalue weighted by molar-refractivity contribution is 0.103. The molecule has 0 aliphatic carbocycles. The summed E-state index contributed by atoms with van der Waals surface area (Å²) in [5, 5.41) is 0. The highest BCUT2D eigenvalue weighted by Gasteiger charge is 2.17. The quantitative estimate of drug-likeness (QED) is 0.671. The Bertz CT molecular complexity index is 606. The maximum absolute atomic E-state index is 12.5. The van der Waals surface area contributed by atoms with Crippen LogP contribution in [-0.2, 0) is 0 Å². The normalized spacial score (nSPS) is 10.1. The molecular formula is C16H17NO3. The first-order chi connectivity index (χ1) is 9.67. The van der Waals surface area contributed by atoms with Crippen molar-refractivity contribution in [3.05, 3.63) is 53.6 Å². The van der Waals surface area contributed by atoms with E-state index in [1.54, 1.807) is 42.5 Å². The van der Waals surface area contributed by atoms with Gasteiger partial charge >= 0.3 is 0 Å². The van der Waals surface area contributed by atoms with Crippen molar-refractivity contribution in [3.63, 3.8) is 0 Å². The van der Waals surface area contributed by atoms with Crippen LogP contribution in [0.15, 0.2) is 42.5 Å². The molecule has 0 saturated heterocycles. The van der Waals surface area contributed by atoms with Crippen molar-refractivity contribution in [3.8, 4) is 11.5 Å². The molecule has 4 nitrogen and oxygen atoms in total. The monoisotopic (exact) mass is 271 g/mol. The third-order valence-corrected chi connectivity index (χ3v) is 2.93. The van der Waals surface area contributed by atoms with E-state index >= 15 is 0 Å². The van der Waals surface area contributed by atoms with Gasteiger partial charge in [-0.2, -0.15) is 0 Å². The molecule has 2 N–H and O–H groups in total. The molecule has 0 amide bonds. The first-order valence-corrected chi connectivity index (χ1v) is 6.37. The molecule has 0 aromatic heterocycles. The predicted octanol–water partition coefficient (Wildman–Crippen LogP) is 2.91. The van der Waals surface area contributed by atoms with E-state index in [1.165, 1.54) is 7.11 Å². The maximum atomic E-state index is 12.5. The van der Waals surface area contributed by atoms with Gasteiger partial charge in [0.1, 0.15) is 11.5 Å². The average molecular weight is 271 g/mol. The lowest BCUT2D eigenvalue weighted by Crippen LogP contribution is -2.07. The highest BCUT2D eigenvalue weighted by molar-refractivity contribution is 6.13. The molecule has 0 aliphatic rings. The van der Waals surface area contributed by atoms with Crippen LogP contribution in [-0.4, -0.2) is 19.5 Å². The van der Waals surface area contributed by atoms with E-state index in [4.69, 9.17) is 15.2 Å². The standard InChI is InChI=1S/C16H17NO3/c1-3-20-12-9-7-11(8-10-12)16(18)15-13(17)5-4-6-14(15)19-2/h4-10H,3,17H2,1-2H3. The predicted molar refractivity (Wildman–Crippen MR) is 78.4 cm³/mol. The second-order valence-corrected chi connectivity index (χ2v) is 4.21. The van der Waals surface area contributed by atoms with Gasteiger partial charge in [-0.25, -0.2) is 0 Å². The Kier molecular flexibility index (Phi) is 4.25. The first-order valence-electron chi connectivity index (χ1n) is 6.37. The van der Waals surface area contributed by atoms with Crippen LogP contribution in [0.1, 0.15) is 22.8 Å². The summed E-state index contributed by atoms with van der Waals surface area (Å²) in [4.78, 5) is 12.5. The largest absolute Gasteiger partial charge is 0.496 e. The fourth-order valence-electron chi connectivity index (χ4n) is 1.97. The molecule has 0 heterocycles. The molecule has 0 saturated carbocycles. The van der Waals surface area contributed by atoms with Crippen LogP contribution < -0.4 is 15.2 Å². The van der Waals surface area contributed by atoms with Gasteiger partial charge in [0.25, 0.3) is 0 Å². The second kappa shape index (κ2) is 6.10. The molecular weight excluding hydrogens is 254 g/mol. The van der Waals surface area contributed by atoms with Gasteiger partial charge in [0, 0.05) is 11.3 Å². The lowest BCUT2D eigenvalue weighted by Gasteiger charge is -2.10. The lowest BCUT2D eigenvalue weighted by atomic mass is 10.0. The van der Waals surface area contributed by atoms with Crippen LogP contribution >= 0.6 is 0 Å². The molecule has 0 spiro atoms. The topological polar surface area (TPSA) is 61.5 Å². The maximum Gasteiger partial charge on any atom is 0.198 e. The first kappa shape index (κ1) is 13.9. The average Bonchev–Trinajstić information content (AvgIpc) is 2.47. The van der Waals surface area contributed by atoms with E-state index in [2.05, 4.69) is 0 Å². The number of ketones is 1. The van der Waals surface area contributed by atoms with Crippen molar-refractivity contribution in [2.75, 3.05) is 19.5 Å². The van der Waals surface area contributed by atoms with E-state index < -0.39 is 0 Å². The zero-order chi connectivity index (χ0) is 14.5. The van der Waals surface area contributed by atoms with Gasteiger partial charge in [0.15, 0.2) is 5.78 Å². The van der Waals surface area contributed by atoms with Gasteiger partial charge in [-0.3, -0.25) is 4.79 Å². The Morgan fingerprint density at radius 3 is 2.45 bits per heavy atom. The number of nitrogen functional groups attached to an aromatic ring is 1. The van der Waals surface area contributed by atoms with Crippen molar-refractivity contribution in [2.24, 2.45) is 0 Å². The van der Waals surface area contributed by atoms with Crippen LogP contribution in [0.5, 0.6) is 11.5 Å².